The molecule has 2 fully saturated rings. The molecular weight excluding hydrogens is 430 g/mol. The Hall–Kier alpha value is -2.87. The lowest BCUT2D eigenvalue weighted by Gasteiger charge is -2.29. The summed E-state index contributed by atoms with van der Waals surface area (Å²) in [7, 11) is 1.65. The Morgan fingerprint density at radius 3 is 2.41 bits per heavy atom. The maximum atomic E-state index is 12.9. The fourth-order valence-electron chi connectivity index (χ4n) is 4.93. The summed E-state index contributed by atoms with van der Waals surface area (Å²) in [4.78, 5) is 42.1. The highest BCUT2D eigenvalue weighted by atomic mass is 35.5. The zero-order valence-corrected chi connectivity index (χ0v) is 19.3. The molecule has 9 heteroatoms. The van der Waals surface area contributed by atoms with E-state index in [-0.39, 0.29) is 23.9 Å². The molecule has 2 heterocycles. The van der Waals surface area contributed by atoms with Gasteiger partial charge in [0.25, 0.3) is 0 Å². The molecule has 0 radical (unpaired) electrons. The number of halogens is 1. The fraction of sp³-hybridized carbons (Fsp3) is 0.478. The van der Waals surface area contributed by atoms with E-state index in [1.54, 1.807) is 20.2 Å². The first-order valence-corrected chi connectivity index (χ1v) is 11.2. The summed E-state index contributed by atoms with van der Waals surface area (Å²) in [6, 6.07) is 7.60. The van der Waals surface area contributed by atoms with E-state index in [9.17, 15) is 14.4 Å². The third-order valence-electron chi connectivity index (χ3n) is 6.71. The van der Waals surface area contributed by atoms with Crippen molar-refractivity contribution in [3.63, 3.8) is 0 Å². The molecule has 1 aromatic carbocycles. The Morgan fingerprint density at radius 2 is 1.81 bits per heavy atom. The number of fused-ring (bicyclic) bond motifs is 1. The third-order valence-corrected chi connectivity index (χ3v) is 6.94. The van der Waals surface area contributed by atoms with Crippen molar-refractivity contribution in [3.05, 3.63) is 47.2 Å². The summed E-state index contributed by atoms with van der Waals surface area (Å²) in [5.41, 5.74) is 1.61. The highest BCUT2D eigenvalue weighted by Gasteiger charge is 2.45. The normalized spacial score (nSPS) is 20.3. The van der Waals surface area contributed by atoms with Gasteiger partial charge in [0.15, 0.2) is 0 Å². The van der Waals surface area contributed by atoms with Gasteiger partial charge in [-0.1, -0.05) is 23.7 Å². The molecule has 0 N–H and O–H groups in total. The number of hydrogen-bond donors (Lipinski definition) is 0. The topological polar surface area (TPSA) is 78.8 Å². The molecular formula is C23H28ClN5O3. The Labute approximate surface area is 192 Å². The molecule has 2 aromatic rings. The van der Waals surface area contributed by atoms with Gasteiger partial charge in [0.05, 0.1) is 18.1 Å². The highest BCUT2D eigenvalue weighted by molar-refractivity contribution is 6.30. The van der Waals surface area contributed by atoms with E-state index >= 15 is 0 Å². The molecule has 0 bridgehead atoms. The van der Waals surface area contributed by atoms with Crippen molar-refractivity contribution in [2.45, 2.75) is 39.3 Å². The van der Waals surface area contributed by atoms with Crippen molar-refractivity contribution in [1.29, 1.82) is 0 Å². The first-order chi connectivity index (χ1) is 15.2. The molecule has 0 spiro atoms. The number of nitrogens with zero attached hydrogens (tertiary/aromatic N) is 5. The van der Waals surface area contributed by atoms with Crippen LogP contribution >= 0.6 is 11.6 Å². The summed E-state index contributed by atoms with van der Waals surface area (Å²) in [6.45, 7) is 4.93. The van der Waals surface area contributed by atoms with Gasteiger partial charge in [0, 0.05) is 51.6 Å². The van der Waals surface area contributed by atoms with E-state index in [1.807, 2.05) is 34.1 Å². The number of amides is 3. The Kier molecular flexibility index (Phi) is 6.24. The summed E-state index contributed by atoms with van der Waals surface area (Å²) >= 11 is 6.11. The number of carbonyl (C=O) groups excluding carboxylic acids is 3. The number of aromatic nitrogens is 2. The average molecular weight is 458 g/mol. The molecule has 32 heavy (non-hydrogen) atoms. The lowest BCUT2D eigenvalue weighted by molar-refractivity contribution is -0.131. The molecule has 2 aliphatic rings. The predicted molar refractivity (Wildman–Crippen MR) is 121 cm³/mol. The lowest BCUT2D eigenvalue weighted by Crippen LogP contribution is -2.39. The SMILES string of the molecule is CC(=O)N(C)c1cnn(C(=O)N2C[C@H]3CC(N(Cc4cccc(Cl)c4)C(C)=O)C[C@@H]3C2)c1. The van der Waals surface area contributed by atoms with Crippen LogP contribution in [0.3, 0.4) is 0 Å². The summed E-state index contributed by atoms with van der Waals surface area (Å²) < 4.78 is 1.30. The molecule has 1 aromatic heterocycles. The number of anilines is 1. The predicted octanol–water partition coefficient (Wildman–Crippen LogP) is 3.25. The van der Waals surface area contributed by atoms with Gasteiger partial charge in [0.2, 0.25) is 11.8 Å². The molecule has 0 unspecified atom stereocenters. The van der Waals surface area contributed by atoms with Gasteiger partial charge >= 0.3 is 6.03 Å². The minimum Gasteiger partial charge on any atom is -0.336 e. The van der Waals surface area contributed by atoms with Crippen LogP contribution < -0.4 is 4.90 Å². The van der Waals surface area contributed by atoms with Crippen molar-refractivity contribution >= 4 is 35.1 Å². The van der Waals surface area contributed by atoms with E-state index in [0.717, 1.165) is 18.4 Å². The molecule has 1 saturated carbocycles. The fourth-order valence-corrected chi connectivity index (χ4v) is 5.14. The van der Waals surface area contributed by atoms with Crippen LogP contribution in [0.1, 0.15) is 32.3 Å². The average Bonchev–Trinajstić information content (AvgIpc) is 3.45. The molecule has 8 nitrogen and oxygen atoms in total. The summed E-state index contributed by atoms with van der Waals surface area (Å²) in [5.74, 6) is 0.660. The summed E-state index contributed by atoms with van der Waals surface area (Å²) in [5, 5.41) is 4.81. The van der Waals surface area contributed by atoms with Gasteiger partial charge in [-0.15, -0.1) is 0 Å². The van der Waals surface area contributed by atoms with Gasteiger partial charge < -0.3 is 14.7 Å². The molecule has 2 atom stereocenters. The molecule has 3 amide bonds. The zero-order chi connectivity index (χ0) is 23.0. The second-order valence-electron chi connectivity index (χ2n) is 8.83. The minimum atomic E-state index is -0.179. The van der Waals surface area contributed by atoms with Gasteiger partial charge in [-0.05, 0) is 42.4 Å². The molecule has 1 aliphatic heterocycles. The van der Waals surface area contributed by atoms with Crippen LogP contribution in [0.5, 0.6) is 0 Å². The second kappa shape index (κ2) is 8.94. The molecule has 170 valence electrons. The van der Waals surface area contributed by atoms with Crippen LogP contribution in [-0.2, 0) is 16.1 Å². The van der Waals surface area contributed by atoms with Gasteiger partial charge in [0.1, 0.15) is 0 Å². The number of carbonyl (C=O) groups is 3. The first kappa shape index (κ1) is 22.3. The van der Waals surface area contributed by atoms with E-state index in [2.05, 4.69) is 5.10 Å². The number of benzene rings is 1. The Morgan fingerprint density at radius 1 is 1.12 bits per heavy atom. The van der Waals surface area contributed by atoms with Crippen LogP contribution in [0, 0.1) is 11.8 Å². The van der Waals surface area contributed by atoms with Crippen LogP contribution in [0.2, 0.25) is 5.02 Å². The van der Waals surface area contributed by atoms with Crippen LogP contribution in [0.15, 0.2) is 36.7 Å². The largest absolute Gasteiger partial charge is 0.344 e. The standard InChI is InChI=1S/C23H28ClN5O3/c1-15(30)26(3)22-10-25-29(14-22)23(32)27-12-18-8-21(9-19(18)13-27)28(16(2)31)11-17-5-4-6-20(24)7-17/h4-7,10,14,18-19,21H,8-9,11-13H2,1-3H3/t18-,19-/m1/s1. The van der Waals surface area contributed by atoms with Crippen molar-refractivity contribution in [3.8, 4) is 0 Å². The molecule has 1 aliphatic carbocycles. The molecule has 4 rings (SSSR count). The van der Waals surface area contributed by atoms with Crippen molar-refractivity contribution < 1.29 is 14.4 Å². The quantitative estimate of drug-likeness (QED) is 0.706. The number of hydrogen-bond acceptors (Lipinski definition) is 4. The zero-order valence-electron chi connectivity index (χ0n) is 18.6. The Bertz CT molecular complexity index is 1020. The van der Waals surface area contributed by atoms with Crippen LogP contribution in [0.25, 0.3) is 0 Å². The molecule has 1 saturated heterocycles. The first-order valence-electron chi connectivity index (χ1n) is 10.8. The number of likely N-dealkylation sites (tertiary alicyclic amines) is 1. The van der Waals surface area contributed by atoms with Gasteiger partial charge in [-0.3, -0.25) is 9.59 Å². The maximum absolute atomic E-state index is 12.9. The van der Waals surface area contributed by atoms with E-state index in [0.29, 0.717) is 42.2 Å². The third kappa shape index (κ3) is 4.50. The summed E-state index contributed by atoms with van der Waals surface area (Å²) in [6.07, 6.45) is 4.87. The second-order valence-corrected chi connectivity index (χ2v) is 9.27. The van der Waals surface area contributed by atoms with Crippen molar-refractivity contribution in [2.24, 2.45) is 11.8 Å². The van der Waals surface area contributed by atoms with Crippen LogP contribution in [-0.4, -0.2) is 63.6 Å². The Balaban J connectivity index is 1.38. The van der Waals surface area contributed by atoms with E-state index in [1.165, 1.54) is 22.7 Å². The van der Waals surface area contributed by atoms with Gasteiger partial charge in [-0.2, -0.15) is 9.78 Å². The maximum Gasteiger partial charge on any atom is 0.344 e. The van der Waals surface area contributed by atoms with E-state index in [4.69, 9.17) is 11.6 Å². The monoisotopic (exact) mass is 457 g/mol. The van der Waals surface area contributed by atoms with Crippen LogP contribution in [0.4, 0.5) is 10.5 Å². The van der Waals surface area contributed by atoms with E-state index < -0.39 is 0 Å². The minimum absolute atomic E-state index is 0.0570. The smallest absolute Gasteiger partial charge is 0.336 e. The van der Waals surface area contributed by atoms with Crippen molar-refractivity contribution in [1.82, 2.24) is 19.6 Å². The van der Waals surface area contributed by atoms with Gasteiger partial charge in [-0.25, -0.2) is 4.79 Å². The lowest BCUT2D eigenvalue weighted by atomic mass is 10.0. The highest BCUT2D eigenvalue weighted by Crippen LogP contribution is 2.41. The number of rotatable bonds is 4. The van der Waals surface area contributed by atoms with Crippen molar-refractivity contribution in [2.75, 3.05) is 25.0 Å².